The minimum Gasteiger partial charge on any atom is -0.385 e. The van der Waals surface area contributed by atoms with E-state index >= 15 is 0 Å². The highest BCUT2D eigenvalue weighted by Gasteiger charge is 2.10. The molecule has 2 rings (SSSR count). The minimum absolute atomic E-state index is 0.515. The second-order valence-corrected chi connectivity index (χ2v) is 3.49. The van der Waals surface area contributed by atoms with E-state index in [-0.39, 0.29) is 0 Å². The lowest BCUT2D eigenvalue weighted by Gasteiger charge is -2.11. The van der Waals surface area contributed by atoms with Crippen LogP contribution in [0.5, 0.6) is 0 Å². The first-order valence-electron chi connectivity index (χ1n) is 4.99. The molecule has 1 aromatic carbocycles. The molecule has 3 heteroatoms. The van der Waals surface area contributed by atoms with Gasteiger partial charge in [-0.3, -0.25) is 4.98 Å². The summed E-state index contributed by atoms with van der Waals surface area (Å²) in [6.07, 6.45) is 1.18. The molecule has 1 atom stereocenters. The van der Waals surface area contributed by atoms with Gasteiger partial charge < -0.3 is 10.4 Å². The zero-order chi connectivity index (χ0) is 10.7. The molecular weight excluding hydrogens is 188 g/mol. The fraction of sp³-hybridized carbons (Fsp3) is 0.250. The Bertz CT molecular complexity index is 451. The van der Waals surface area contributed by atoms with Crippen LogP contribution in [0.3, 0.4) is 0 Å². The molecular formula is C12H14N2O. The molecule has 3 nitrogen and oxygen atoms in total. The van der Waals surface area contributed by atoms with Crippen LogP contribution in [0.4, 0.5) is 0 Å². The molecule has 1 heterocycles. The number of rotatable bonds is 3. The molecule has 0 aliphatic carbocycles. The number of likely N-dealkylation sites (N-methyl/N-ethyl adjacent to an activating group) is 1. The average Bonchev–Trinajstić information content (AvgIpc) is 2.28. The van der Waals surface area contributed by atoms with E-state index in [1.165, 1.54) is 0 Å². The zero-order valence-electron chi connectivity index (χ0n) is 8.64. The Morgan fingerprint density at radius 2 is 2.13 bits per heavy atom. The van der Waals surface area contributed by atoms with E-state index in [1.54, 1.807) is 6.20 Å². The monoisotopic (exact) mass is 202 g/mol. The maximum absolute atomic E-state index is 9.89. The van der Waals surface area contributed by atoms with Crippen LogP contribution in [0.1, 0.15) is 11.8 Å². The van der Waals surface area contributed by atoms with Crippen molar-refractivity contribution in [3.05, 3.63) is 42.2 Å². The normalized spacial score (nSPS) is 12.9. The summed E-state index contributed by atoms with van der Waals surface area (Å²) < 4.78 is 0. The predicted molar refractivity (Wildman–Crippen MR) is 60.6 cm³/mol. The van der Waals surface area contributed by atoms with E-state index in [0.29, 0.717) is 6.54 Å². The van der Waals surface area contributed by atoms with Crippen molar-refractivity contribution in [1.29, 1.82) is 0 Å². The average molecular weight is 202 g/mol. The van der Waals surface area contributed by atoms with Gasteiger partial charge >= 0.3 is 0 Å². The number of nitrogens with zero attached hydrogens (tertiary/aromatic N) is 1. The Morgan fingerprint density at radius 1 is 1.33 bits per heavy atom. The summed E-state index contributed by atoms with van der Waals surface area (Å²) in [5.74, 6) is 0. The predicted octanol–water partition coefficient (Wildman–Crippen LogP) is 1.49. The Labute approximate surface area is 88.8 Å². The number of aliphatic hydroxyl groups excluding tert-OH is 1. The topological polar surface area (TPSA) is 45.1 Å². The largest absolute Gasteiger partial charge is 0.385 e. The van der Waals surface area contributed by atoms with E-state index in [9.17, 15) is 5.11 Å². The van der Waals surface area contributed by atoms with Gasteiger partial charge in [0.1, 0.15) is 6.10 Å². The molecule has 0 spiro atoms. The Kier molecular flexibility index (Phi) is 2.94. The Hall–Kier alpha value is -1.45. The third kappa shape index (κ3) is 1.98. The minimum atomic E-state index is -0.555. The molecule has 0 bridgehead atoms. The number of aliphatic hydroxyl groups is 1. The van der Waals surface area contributed by atoms with Gasteiger partial charge in [0.05, 0.1) is 5.69 Å². The number of nitrogens with one attached hydrogen (secondary N) is 1. The lowest BCUT2D eigenvalue weighted by atomic mass is 10.1. The van der Waals surface area contributed by atoms with Crippen LogP contribution in [0.25, 0.3) is 10.8 Å². The molecule has 0 saturated heterocycles. The van der Waals surface area contributed by atoms with Crippen molar-refractivity contribution < 1.29 is 5.11 Å². The third-order valence-electron chi connectivity index (χ3n) is 2.42. The van der Waals surface area contributed by atoms with E-state index < -0.39 is 6.10 Å². The van der Waals surface area contributed by atoms with Gasteiger partial charge in [-0.1, -0.05) is 24.3 Å². The summed E-state index contributed by atoms with van der Waals surface area (Å²) in [4.78, 5) is 4.24. The number of hydrogen-bond donors (Lipinski definition) is 2. The highest BCUT2D eigenvalue weighted by atomic mass is 16.3. The van der Waals surface area contributed by atoms with Crippen molar-refractivity contribution in [3.63, 3.8) is 0 Å². The lowest BCUT2D eigenvalue weighted by molar-refractivity contribution is 0.175. The number of fused-ring (bicyclic) bond motifs is 1. The number of aromatic nitrogens is 1. The van der Waals surface area contributed by atoms with Crippen LogP contribution in [0.15, 0.2) is 36.5 Å². The second-order valence-electron chi connectivity index (χ2n) is 3.49. The molecule has 0 amide bonds. The van der Waals surface area contributed by atoms with E-state index in [1.807, 2.05) is 37.4 Å². The molecule has 0 fully saturated rings. The number of pyridine rings is 1. The van der Waals surface area contributed by atoms with Crippen LogP contribution in [-0.4, -0.2) is 23.7 Å². The van der Waals surface area contributed by atoms with Crippen molar-refractivity contribution in [2.45, 2.75) is 6.10 Å². The highest BCUT2D eigenvalue weighted by Crippen LogP contribution is 2.21. The van der Waals surface area contributed by atoms with Gasteiger partial charge in [0, 0.05) is 18.1 Å². The highest BCUT2D eigenvalue weighted by molar-refractivity contribution is 5.84. The first-order chi connectivity index (χ1) is 7.33. The van der Waals surface area contributed by atoms with Gasteiger partial charge in [0.25, 0.3) is 0 Å². The van der Waals surface area contributed by atoms with Crippen molar-refractivity contribution >= 4 is 10.8 Å². The van der Waals surface area contributed by atoms with Crippen molar-refractivity contribution in [1.82, 2.24) is 10.3 Å². The molecule has 0 saturated carbocycles. The summed E-state index contributed by atoms with van der Waals surface area (Å²) in [6.45, 7) is 0.515. The van der Waals surface area contributed by atoms with Crippen LogP contribution in [0.2, 0.25) is 0 Å². The first-order valence-corrected chi connectivity index (χ1v) is 4.99. The van der Waals surface area contributed by atoms with Crippen molar-refractivity contribution in [2.24, 2.45) is 0 Å². The van der Waals surface area contributed by atoms with Crippen LogP contribution in [-0.2, 0) is 0 Å². The summed E-state index contributed by atoms with van der Waals surface area (Å²) in [7, 11) is 1.81. The third-order valence-corrected chi connectivity index (χ3v) is 2.42. The molecule has 1 unspecified atom stereocenters. The molecule has 1 aromatic heterocycles. The summed E-state index contributed by atoms with van der Waals surface area (Å²) in [5, 5.41) is 15.0. The van der Waals surface area contributed by atoms with Crippen LogP contribution < -0.4 is 5.32 Å². The van der Waals surface area contributed by atoms with E-state index in [4.69, 9.17) is 0 Å². The second kappa shape index (κ2) is 4.38. The molecule has 0 aliphatic rings. The van der Waals surface area contributed by atoms with Gasteiger partial charge in [-0.2, -0.15) is 0 Å². The quantitative estimate of drug-likeness (QED) is 0.792. The van der Waals surface area contributed by atoms with E-state index in [2.05, 4.69) is 10.3 Å². The number of hydrogen-bond acceptors (Lipinski definition) is 3. The maximum atomic E-state index is 9.89. The Balaban J connectivity index is 2.50. The molecule has 2 aromatic rings. The van der Waals surface area contributed by atoms with Gasteiger partial charge in [-0.25, -0.2) is 0 Å². The Morgan fingerprint density at radius 3 is 2.93 bits per heavy atom. The molecule has 2 N–H and O–H groups in total. The first kappa shape index (κ1) is 10.1. The fourth-order valence-electron chi connectivity index (χ4n) is 1.70. The molecule has 0 aliphatic heterocycles. The fourth-order valence-corrected chi connectivity index (χ4v) is 1.70. The van der Waals surface area contributed by atoms with Crippen LogP contribution in [0, 0.1) is 0 Å². The summed E-state index contributed by atoms with van der Waals surface area (Å²) >= 11 is 0. The maximum Gasteiger partial charge on any atom is 0.109 e. The lowest BCUT2D eigenvalue weighted by Crippen LogP contribution is -2.17. The van der Waals surface area contributed by atoms with Gasteiger partial charge in [-0.15, -0.1) is 0 Å². The zero-order valence-corrected chi connectivity index (χ0v) is 8.64. The van der Waals surface area contributed by atoms with Gasteiger partial charge in [0.2, 0.25) is 0 Å². The SMILES string of the molecule is CNCC(O)c1nccc2ccccc12. The molecule has 15 heavy (non-hydrogen) atoms. The summed E-state index contributed by atoms with van der Waals surface area (Å²) in [5.41, 5.74) is 0.738. The molecule has 0 radical (unpaired) electrons. The van der Waals surface area contributed by atoms with Crippen molar-refractivity contribution in [3.8, 4) is 0 Å². The smallest absolute Gasteiger partial charge is 0.109 e. The van der Waals surface area contributed by atoms with Crippen LogP contribution >= 0.6 is 0 Å². The standard InChI is InChI=1S/C12H14N2O/c1-13-8-11(15)12-10-5-3-2-4-9(10)6-7-14-12/h2-7,11,13,15H,8H2,1H3. The van der Waals surface area contributed by atoms with Crippen molar-refractivity contribution in [2.75, 3.05) is 13.6 Å². The van der Waals surface area contributed by atoms with Gasteiger partial charge in [-0.05, 0) is 18.5 Å². The number of benzene rings is 1. The molecule has 78 valence electrons. The van der Waals surface area contributed by atoms with Gasteiger partial charge in [0.15, 0.2) is 0 Å². The van der Waals surface area contributed by atoms with E-state index in [0.717, 1.165) is 16.5 Å². The summed E-state index contributed by atoms with van der Waals surface area (Å²) in [6, 6.07) is 9.89.